The maximum absolute atomic E-state index is 13.0. The minimum atomic E-state index is 0.172. The number of amides is 1. The summed E-state index contributed by atoms with van der Waals surface area (Å²) in [5, 5.41) is 1.18. The van der Waals surface area contributed by atoms with Crippen molar-refractivity contribution >= 4 is 16.8 Å². The van der Waals surface area contributed by atoms with E-state index in [-0.39, 0.29) is 5.91 Å². The number of carbonyl (C=O) groups excluding carboxylic acids is 1. The van der Waals surface area contributed by atoms with E-state index in [1.165, 1.54) is 30.3 Å². The Morgan fingerprint density at radius 3 is 2.56 bits per heavy atom. The van der Waals surface area contributed by atoms with Crippen LogP contribution < -0.4 is 0 Å². The molecule has 1 unspecified atom stereocenters. The number of piperazine rings is 1. The van der Waals surface area contributed by atoms with Gasteiger partial charge in [0.2, 0.25) is 0 Å². The standard InChI is InChI=1S/C22H32N4O/c1-17(2)24-11-13-25(14-12-24)22(27)19-6-7-21-18(15-19)8-10-26(21)20-5-4-9-23(3)16-20/h6-8,10,15,17,20H,4-5,9,11-14,16H2,1-3H3. The number of aromatic nitrogens is 1. The lowest BCUT2D eigenvalue weighted by Gasteiger charge is -2.37. The Morgan fingerprint density at radius 1 is 1.07 bits per heavy atom. The average molecular weight is 369 g/mol. The quantitative estimate of drug-likeness (QED) is 0.834. The van der Waals surface area contributed by atoms with E-state index in [0.29, 0.717) is 12.1 Å². The third-order valence-electron chi connectivity index (χ3n) is 6.29. The highest BCUT2D eigenvalue weighted by molar-refractivity contribution is 5.98. The summed E-state index contributed by atoms with van der Waals surface area (Å²) in [5.74, 6) is 0.172. The molecular weight excluding hydrogens is 336 g/mol. The van der Waals surface area contributed by atoms with Crippen LogP contribution in [0.5, 0.6) is 0 Å². The third-order valence-corrected chi connectivity index (χ3v) is 6.29. The largest absolute Gasteiger partial charge is 0.343 e. The monoisotopic (exact) mass is 368 g/mol. The van der Waals surface area contributed by atoms with Crippen LogP contribution in [-0.2, 0) is 0 Å². The zero-order valence-corrected chi connectivity index (χ0v) is 16.9. The summed E-state index contributed by atoms with van der Waals surface area (Å²) in [6.45, 7) is 10.3. The van der Waals surface area contributed by atoms with Gasteiger partial charge in [-0.1, -0.05) is 0 Å². The summed E-state index contributed by atoms with van der Waals surface area (Å²) >= 11 is 0. The highest BCUT2D eigenvalue weighted by Crippen LogP contribution is 2.27. The van der Waals surface area contributed by atoms with Gasteiger partial charge in [-0.2, -0.15) is 0 Å². The van der Waals surface area contributed by atoms with Gasteiger partial charge in [0.25, 0.3) is 5.91 Å². The van der Waals surface area contributed by atoms with Gasteiger partial charge in [0, 0.05) is 67.5 Å². The van der Waals surface area contributed by atoms with Gasteiger partial charge in [-0.3, -0.25) is 9.69 Å². The van der Waals surface area contributed by atoms with E-state index in [9.17, 15) is 4.79 Å². The molecule has 2 fully saturated rings. The molecule has 1 aromatic carbocycles. The molecule has 2 saturated heterocycles. The number of hydrogen-bond donors (Lipinski definition) is 0. The first-order valence-corrected chi connectivity index (χ1v) is 10.4. The lowest BCUT2D eigenvalue weighted by molar-refractivity contribution is 0.0595. The minimum absolute atomic E-state index is 0.172. The first-order valence-electron chi connectivity index (χ1n) is 10.4. The Hall–Kier alpha value is -1.85. The molecule has 5 nitrogen and oxygen atoms in total. The number of likely N-dealkylation sites (N-methyl/N-ethyl adjacent to an activating group) is 1. The first-order chi connectivity index (χ1) is 13.0. The Kier molecular flexibility index (Phi) is 5.24. The molecule has 1 amide bonds. The predicted molar refractivity (Wildman–Crippen MR) is 110 cm³/mol. The molecule has 5 heteroatoms. The summed E-state index contributed by atoms with van der Waals surface area (Å²) in [5.41, 5.74) is 2.07. The fourth-order valence-corrected chi connectivity index (χ4v) is 4.61. The van der Waals surface area contributed by atoms with Crippen LogP contribution in [0.1, 0.15) is 43.1 Å². The average Bonchev–Trinajstić information content (AvgIpc) is 3.10. The van der Waals surface area contributed by atoms with E-state index >= 15 is 0 Å². The van der Waals surface area contributed by atoms with E-state index in [1.54, 1.807) is 0 Å². The zero-order chi connectivity index (χ0) is 19.0. The molecular formula is C22H32N4O. The number of carbonyl (C=O) groups is 1. The van der Waals surface area contributed by atoms with Crippen molar-refractivity contribution in [3.05, 3.63) is 36.0 Å². The molecule has 0 radical (unpaired) electrons. The van der Waals surface area contributed by atoms with Crippen molar-refractivity contribution in [1.82, 2.24) is 19.3 Å². The van der Waals surface area contributed by atoms with Crippen LogP contribution in [-0.4, -0.2) is 77.5 Å². The predicted octanol–water partition coefficient (Wildman–Crippen LogP) is 3.07. The molecule has 0 saturated carbocycles. The zero-order valence-electron chi connectivity index (χ0n) is 16.9. The van der Waals surface area contributed by atoms with Crippen LogP contribution in [0.4, 0.5) is 0 Å². The van der Waals surface area contributed by atoms with Crippen molar-refractivity contribution in [2.24, 2.45) is 0 Å². The normalized spacial score (nSPS) is 22.7. The van der Waals surface area contributed by atoms with Crippen molar-refractivity contribution in [2.75, 3.05) is 46.3 Å². The summed E-state index contributed by atoms with van der Waals surface area (Å²) in [7, 11) is 2.20. The molecule has 2 aliphatic heterocycles. The molecule has 1 atom stereocenters. The van der Waals surface area contributed by atoms with E-state index in [2.05, 4.69) is 59.7 Å². The van der Waals surface area contributed by atoms with Gasteiger partial charge in [0.1, 0.15) is 0 Å². The SMILES string of the molecule is CC(C)N1CCN(C(=O)c2ccc3c(ccn3C3CCCN(C)C3)c2)CC1. The highest BCUT2D eigenvalue weighted by Gasteiger charge is 2.24. The van der Waals surface area contributed by atoms with E-state index in [1.807, 2.05) is 11.0 Å². The van der Waals surface area contributed by atoms with Crippen LogP contribution in [0, 0.1) is 0 Å². The molecule has 0 bridgehead atoms. The van der Waals surface area contributed by atoms with Gasteiger partial charge in [-0.25, -0.2) is 0 Å². The van der Waals surface area contributed by atoms with Crippen LogP contribution in [0.25, 0.3) is 10.9 Å². The Labute approximate surface area is 162 Å². The van der Waals surface area contributed by atoms with Crippen molar-refractivity contribution in [3.8, 4) is 0 Å². The summed E-state index contributed by atoms with van der Waals surface area (Å²) < 4.78 is 2.40. The third kappa shape index (κ3) is 3.76. The van der Waals surface area contributed by atoms with Crippen molar-refractivity contribution in [1.29, 1.82) is 0 Å². The van der Waals surface area contributed by atoms with Gasteiger partial charge in [-0.15, -0.1) is 0 Å². The topological polar surface area (TPSA) is 31.7 Å². The van der Waals surface area contributed by atoms with Crippen LogP contribution in [0.15, 0.2) is 30.5 Å². The Morgan fingerprint density at radius 2 is 1.85 bits per heavy atom. The summed E-state index contributed by atoms with van der Waals surface area (Å²) in [6, 6.07) is 9.49. The van der Waals surface area contributed by atoms with Crippen LogP contribution >= 0.6 is 0 Å². The number of nitrogens with zero attached hydrogens (tertiary/aromatic N) is 4. The number of fused-ring (bicyclic) bond motifs is 1. The second-order valence-electron chi connectivity index (χ2n) is 8.48. The molecule has 2 aliphatic rings. The Balaban J connectivity index is 1.50. The molecule has 0 aliphatic carbocycles. The molecule has 27 heavy (non-hydrogen) atoms. The smallest absolute Gasteiger partial charge is 0.253 e. The van der Waals surface area contributed by atoms with Gasteiger partial charge >= 0.3 is 0 Å². The van der Waals surface area contributed by atoms with E-state index in [4.69, 9.17) is 0 Å². The molecule has 2 aromatic rings. The second kappa shape index (κ2) is 7.64. The van der Waals surface area contributed by atoms with Crippen LogP contribution in [0.2, 0.25) is 0 Å². The summed E-state index contributed by atoms with van der Waals surface area (Å²) in [6.07, 6.45) is 4.68. The van der Waals surface area contributed by atoms with Gasteiger partial charge < -0.3 is 14.4 Å². The van der Waals surface area contributed by atoms with Gasteiger partial charge in [0.05, 0.1) is 0 Å². The van der Waals surface area contributed by atoms with Gasteiger partial charge in [0.15, 0.2) is 0 Å². The number of rotatable bonds is 3. The highest BCUT2D eigenvalue weighted by atomic mass is 16.2. The first kappa shape index (κ1) is 18.5. The molecule has 3 heterocycles. The Bertz CT molecular complexity index is 804. The minimum Gasteiger partial charge on any atom is -0.343 e. The second-order valence-corrected chi connectivity index (χ2v) is 8.48. The van der Waals surface area contributed by atoms with Crippen LogP contribution in [0.3, 0.4) is 0 Å². The maximum atomic E-state index is 13.0. The number of likely N-dealkylation sites (tertiary alicyclic amines) is 1. The number of benzene rings is 1. The molecule has 146 valence electrons. The lowest BCUT2D eigenvalue weighted by atomic mass is 10.1. The number of hydrogen-bond acceptors (Lipinski definition) is 3. The van der Waals surface area contributed by atoms with Crippen molar-refractivity contribution in [2.45, 2.75) is 38.8 Å². The van der Waals surface area contributed by atoms with E-state index in [0.717, 1.165) is 38.3 Å². The van der Waals surface area contributed by atoms with Gasteiger partial charge in [-0.05, 0) is 64.5 Å². The lowest BCUT2D eigenvalue weighted by Crippen LogP contribution is -2.50. The van der Waals surface area contributed by atoms with E-state index < -0.39 is 0 Å². The van der Waals surface area contributed by atoms with Crippen molar-refractivity contribution in [3.63, 3.8) is 0 Å². The molecule has 4 rings (SSSR count). The number of piperidine rings is 1. The fourth-order valence-electron chi connectivity index (χ4n) is 4.61. The molecule has 1 aromatic heterocycles. The molecule has 0 spiro atoms. The molecule has 0 N–H and O–H groups in total. The maximum Gasteiger partial charge on any atom is 0.253 e. The summed E-state index contributed by atoms with van der Waals surface area (Å²) in [4.78, 5) is 19.8. The van der Waals surface area contributed by atoms with Crippen molar-refractivity contribution < 1.29 is 4.79 Å². The fraction of sp³-hybridized carbons (Fsp3) is 0.591.